The fourth-order valence-electron chi connectivity index (χ4n) is 2.68. The van der Waals surface area contributed by atoms with Gasteiger partial charge in [0, 0.05) is 28.6 Å². The van der Waals surface area contributed by atoms with Crippen LogP contribution in [-0.4, -0.2) is 18.9 Å². The van der Waals surface area contributed by atoms with Crippen LogP contribution in [0.2, 0.25) is 0 Å². The van der Waals surface area contributed by atoms with E-state index in [0.29, 0.717) is 0 Å². The second kappa shape index (κ2) is 7.52. The number of rotatable bonds is 5. The van der Waals surface area contributed by atoms with E-state index in [2.05, 4.69) is 10.8 Å². The molecule has 27 heavy (non-hydrogen) atoms. The van der Waals surface area contributed by atoms with Crippen LogP contribution < -0.4 is 10.5 Å². The molecular formula is C20H22N3O2S2. The first kappa shape index (κ1) is 19.7. The average Bonchev–Trinajstić information content (AvgIpc) is 3.10. The summed E-state index contributed by atoms with van der Waals surface area (Å²) in [6, 6.07) is 15.6. The van der Waals surface area contributed by atoms with E-state index in [4.69, 9.17) is 10.7 Å². The smallest absolute Gasteiger partial charge is 0.241 e. The molecule has 0 bridgehead atoms. The van der Waals surface area contributed by atoms with Crippen molar-refractivity contribution in [1.29, 1.82) is 0 Å². The van der Waals surface area contributed by atoms with Gasteiger partial charge >= 0.3 is 0 Å². The largest absolute Gasteiger partial charge is 0.326 e. The van der Waals surface area contributed by atoms with Gasteiger partial charge < -0.3 is 5.73 Å². The molecule has 3 rings (SSSR count). The summed E-state index contributed by atoms with van der Waals surface area (Å²) in [5.74, 6) is 0. The van der Waals surface area contributed by atoms with Crippen LogP contribution in [0.4, 0.5) is 0 Å². The summed E-state index contributed by atoms with van der Waals surface area (Å²) in [5.41, 5.74) is 8.74. The Kier molecular flexibility index (Phi) is 5.48. The number of nitrogens with zero attached hydrogens (tertiary/aromatic N) is 1. The average molecular weight is 401 g/mol. The highest BCUT2D eigenvalue weighted by Gasteiger charge is 2.23. The zero-order chi connectivity index (χ0) is 19.7. The third kappa shape index (κ3) is 4.62. The highest BCUT2D eigenvalue weighted by atomic mass is 32.2. The van der Waals surface area contributed by atoms with E-state index in [1.165, 1.54) is 11.3 Å². The molecule has 0 spiro atoms. The van der Waals surface area contributed by atoms with Gasteiger partial charge in [0.05, 0.1) is 10.6 Å². The molecule has 0 aliphatic heterocycles. The molecule has 0 aliphatic rings. The molecule has 3 N–H and O–H groups in total. The maximum atomic E-state index is 12.6. The van der Waals surface area contributed by atoms with Gasteiger partial charge in [0.2, 0.25) is 10.0 Å². The fraction of sp³-hybridized carbons (Fsp3) is 0.250. The third-order valence-corrected chi connectivity index (χ3v) is 6.44. The molecule has 0 saturated carbocycles. The lowest BCUT2D eigenvalue weighted by atomic mass is 10.1. The minimum absolute atomic E-state index is 0.204. The van der Waals surface area contributed by atoms with Gasteiger partial charge in [-0.05, 0) is 44.5 Å². The van der Waals surface area contributed by atoms with E-state index in [0.717, 1.165) is 27.4 Å². The molecule has 1 aromatic heterocycles. The molecule has 7 heteroatoms. The Hall–Kier alpha value is -2.06. The summed E-state index contributed by atoms with van der Waals surface area (Å²) >= 11 is 1.54. The monoisotopic (exact) mass is 400 g/mol. The summed E-state index contributed by atoms with van der Waals surface area (Å²) in [7, 11) is -3.61. The van der Waals surface area contributed by atoms with E-state index in [1.54, 1.807) is 39.0 Å². The Bertz CT molecular complexity index is 1040. The van der Waals surface area contributed by atoms with Crippen molar-refractivity contribution in [3.8, 4) is 21.8 Å². The molecule has 1 radical (unpaired) electrons. The van der Waals surface area contributed by atoms with Crippen molar-refractivity contribution in [2.75, 3.05) is 0 Å². The summed E-state index contributed by atoms with van der Waals surface area (Å²) in [4.78, 5) is 4.90. The Balaban J connectivity index is 1.98. The van der Waals surface area contributed by atoms with Crippen molar-refractivity contribution in [2.45, 2.75) is 37.8 Å². The molecule has 0 atom stereocenters. The lowest BCUT2D eigenvalue weighted by Gasteiger charge is -2.21. The SMILES string of the molecule is CC(C)(C)NS(=O)(=O)c1ccc(-c2csc(-c3cc[c]cc3)n2)c(CN)c1. The van der Waals surface area contributed by atoms with Gasteiger partial charge in [-0.25, -0.2) is 18.1 Å². The van der Waals surface area contributed by atoms with E-state index in [9.17, 15) is 8.42 Å². The first-order chi connectivity index (χ1) is 12.7. The second-order valence-corrected chi connectivity index (χ2v) is 9.75. The molecule has 0 saturated heterocycles. The standard InChI is InChI=1S/C20H22N3O2S2/c1-20(2,3)23-27(24,25)16-9-10-17(15(11-16)12-21)18-13-26-19(22-18)14-7-5-4-6-8-14/h5-11,13,23H,12,21H2,1-3H3. The van der Waals surface area contributed by atoms with Crippen LogP contribution in [0.5, 0.6) is 0 Å². The Labute approximate surface area is 164 Å². The minimum atomic E-state index is -3.61. The van der Waals surface area contributed by atoms with Crippen LogP contribution in [0.3, 0.4) is 0 Å². The Morgan fingerprint density at radius 1 is 1.19 bits per heavy atom. The van der Waals surface area contributed by atoms with Crippen molar-refractivity contribution >= 4 is 21.4 Å². The first-order valence-corrected chi connectivity index (χ1v) is 10.9. The fourth-order valence-corrected chi connectivity index (χ4v) is 4.97. The number of benzene rings is 2. The van der Waals surface area contributed by atoms with Crippen molar-refractivity contribution in [1.82, 2.24) is 9.71 Å². The molecule has 1 heterocycles. The lowest BCUT2D eigenvalue weighted by Crippen LogP contribution is -2.40. The predicted molar refractivity (Wildman–Crippen MR) is 110 cm³/mol. The molecule has 5 nitrogen and oxygen atoms in total. The molecule has 0 amide bonds. The molecule has 141 valence electrons. The van der Waals surface area contributed by atoms with Crippen molar-refractivity contribution in [3.63, 3.8) is 0 Å². The van der Waals surface area contributed by atoms with E-state index in [-0.39, 0.29) is 11.4 Å². The zero-order valence-electron chi connectivity index (χ0n) is 15.5. The Morgan fingerprint density at radius 3 is 2.52 bits per heavy atom. The number of nitrogens with one attached hydrogen (secondary N) is 1. The quantitative estimate of drug-likeness (QED) is 0.682. The van der Waals surface area contributed by atoms with Gasteiger partial charge in [-0.15, -0.1) is 11.3 Å². The number of hydrogen-bond donors (Lipinski definition) is 2. The van der Waals surface area contributed by atoms with Gasteiger partial charge in [-0.3, -0.25) is 0 Å². The van der Waals surface area contributed by atoms with E-state index < -0.39 is 15.6 Å². The first-order valence-electron chi connectivity index (χ1n) is 8.49. The predicted octanol–water partition coefficient (Wildman–Crippen LogP) is 3.81. The van der Waals surface area contributed by atoms with Crippen LogP contribution >= 0.6 is 11.3 Å². The summed E-state index contributed by atoms with van der Waals surface area (Å²) < 4.78 is 27.8. The van der Waals surface area contributed by atoms with Crippen molar-refractivity contribution in [3.05, 3.63) is 59.5 Å². The number of hydrogen-bond acceptors (Lipinski definition) is 5. The van der Waals surface area contributed by atoms with Gasteiger partial charge in [0.15, 0.2) is 0 Å². The zero-order valence-corrected chi connectivity index (χ0v) is 17.1. The molecule has 0 aliphatic carbocycles. The maximum absolute atomic E-state index is 12.6. The van der Waals surface area contributed by atoms with Crippen molar-refractivity contribution < 1.29 is 8.42 Å². The highest BCUT2D eigenvalue weighted by Crippen LogP contribution is 2.31. The van der Waals surface area contributed by atoms with Crippen LogP contribution in [0.1, 0.15) is 26.3 Å². The number of aromatic nitrogens is 1. The molecule has 2 aromatic carbocycles. The topological polar surface area (TPSA) is 85.1 Å². The van der Waals surface area contributed by atoms with Gasteiger partial charge in [0.1, 0.15) is 5.01 Å². The molecular weight excluding hydrogens is 378 g/mol. The summed E-state index contributed by atoms with van der Waals surface area (Å²) in [5, 5.41) is 2.86. The minimum Gasteiger partial charge on any atom is -0.326 e. The molecule has 0 fully saturated rings. The van der Waals surface area contributed by atoms with E-state index in [1.807, 2.05) is 29.6 Å². The summed E-state index contributed by atoms with van der Waals surface area (Å²) in [6.45, 7) is 5.64. The lowest BCUT2D eigenvalue weighted by molar-refractivity contribution is 0.491. The Morgan fingerprint density at radius 2 is 1.89 bits per heavy atom. The van der Waals surface area contributed by atoms with Crippen LogP contribution in [0, 0.1) is 6.07 Å². The summed E-state index contributed by atoms with van der Waals surface area (Å²) in [6.07, 6.45) is 0. The number of sulfonamides is 1. The van der Waals surface area contributed by atoms with Crippen LogP contribution in [-0.2, 0) is 16.6 Å². The van der Waals surface area contributed by atoms with Gasteiger partial charge in [0.25, 0.3) is 0 Å². The van der Waals surface area contributed by atoms with Crippen LogP contribution in [0.25, 0.3) is 21.8 Å². The number of nitrogens with two attached hydrogens (primary N) is 1. The van der Waals surface area contributed by atoms with E-state index >= 15 is 0 Å². The highest BCUT2D eigenvalue weighted by molar-refractivity contribution is 7.89. The van der Waals surface area contributed by atoms with Crippen molar-refractivity contribution in [2.24, 2.45) is 5.73 Å². The third-order valence-electron chi connectivity index (χ3n) is 3.79. The van der Waals surface area contributed by atoms with Crippen LogP contribution in [0.15, 0.2) is 52.7 Å². The molecule has 3 aromatic rings. The number of thiazole rings is 1. The second-order valence-electron chi connectivity index (χ2n) is 7.21. The van der Waals surface area contributed by atoms with Gasteiger partial charge in [-0.1, -0.05) is 30.3 Å². The molecule has 0 unspecified atom stereocenters. The maximum Gasteiger partial charge on any atom is 0.241 e. The normalized spacial score (nSPS) is 12.3. The van der Waals surface area contributed by atoms with Gasteiger partial charge in [-0.2, -0.15) is 0 Å².